The molecule has 8 heteroatoms. The predicted molar refractivity (Wildman–Crippen MR) is 118 cm³/mol. The van der Waals surface area contributed by atoms with Crippen LogP contribution in [0.4, 0.5) is 21.5 Å². The molecule has 0 bridgehead atoms. The van der Waals surface area contributed by atoms with Crippen LogP contribution in [0.1, 0.15) is 44.2 Å². The Kier molecular flexibility index (Phi) is 7.60. The van der Waals surface area contributed by atoms with Crippen LogP contribution in [0.2, 0.25) is 0 Å². The van der Waals surface area contributed by atoms with Gasteiger partial charge in [0.15, 0.2) is 0 Å². The molecule has 1 atom stereocenters. The Hall–Kier alpha value is -2.19. The van der Waals surface area contributed by atoms with E-state index in [1.165, 1.54) is 10.6 Å². The summed E-state index contributed by atoms with van der Waals surface area (Å²) in [5, 5.41) is 12.2. The lowest BCUT2D eigenvalue weighted by molar-refractivity contribution is 0.284. The van der Waals surface area contributed by atoms with E-state index >= 15 is 0 Å². The van der Waals surface area contributed by atoms with Gasteiger partial charge < -0.3 is 19.7 Å². The molecule has 1 fully saturated rings. The fourth-order valence-electron chi connectivity index (χ4n) is 3.06. The second kappa shape index (κ2) is 9.54. The molecular formula is C21H30FN3O3S. The van der Waals surface area contributed by atoms with Crippen molar-refractivity contribution in [1.29, 1.82) is 0 Å². The molecule has 6 nitrogen and oxygen atoms in total. The molecule has 0 radical (unpaired) electrons. The van der Waals surface area contributed by atoms with Crippen LogP contribution in [0.25, 0.3) is 0 Å². The zero-order chi connectivity index (χ0) is 21.8. The van der Waals surface area contributed by atoms with Gasteiger partial charge in [0.1, 0.15) is 16.8 Å². The highest BCUT2D eigenvalue weighted by Gasteiger charge is 2.48. The Bertz CT molecular complexity index is 955. The number of anilines is 3. The number of rotatable bonds is 7. The molecule has 0 amide bonds. The lowest BCUT2D eigenvalue weighted by Gasteiger charge is -2.20. The summed E-state index contributed by atoms with van der Waals surface area (Å²) in [6.07, 6.45) is 3.55. The van der Waals surface area contributed by atoms with Crippen molar-refractivity contribution in [2.75, 3.05) is 16.6 Å². The zero-order valence-corrected chi connectivity index (χ0v) is 18.5. The van der Waals surface area contributed by atoms with Crippen molar-refractivity contribution in [3.05, 3.63) is 51.7 Å². The quantitative estimate of drug-likeness (QED) is 0.631. The minimum Gasteiger partial charge on any atom is -0.396 e. The molecule has 2 aromatic rings. The number of aryl methyl sites for hydroxylation is 2. The predicted octanol–water partition coefficient (Wildman–Crippen LogP) is 3.90. The third-order valence-corrected chi connectivity index (χ3v) is 6.77. The number of aliphatic hydroxyl groups excluding tert-OH is 1. The average molecular weight is 424 g/mol. The first-order chi connectivity index (χ1) is 13.8. The van der Waals surface area contributed by atoms with E-state index in [1.54, 1.807) is 39.2 Å². The number of aliphatic hydroxyl groups is 1. The summed E-state index contributed by atoms with van der Waals surface area (Å²) < 4.78 is 31.0. The molecule has 3 N–H and O–H groups in total. The molecule has 0 aliphatic heterocycles. The van der Waals surface area contributed by atoms with Gasteiger partial charge in [0.05, 0.1) is 21.8 Å². The van der Waals surface area contributed by atoms with Gasteiger partial charge in [0, 0.05) is 25.4 Å². The second-order valence-electron chi connectivity index (χ2n) is 7.09. The van der Waals surface area contributed by atoms with Crippen LogP contribution in [-0.2, 0) is 18.0 Å². The van der Waals surface area contributed by atoms with Gasteiger partial charge in [-0.1, -0.05) is 19.9 Å². The van der Waals surface area contributed by atoms with Crippen molar-refractivity contribution in [3.63, 3.8) is 0 Å². The van der Waals surface area contributed by atoms with E-state index in [0.717, 1.165) is 18.4 Å². The lowest BCUT2D eigenvalue weighted by Crippen LogP contribution is -2.27. The molecule has 1 aromatic heterocycles. The molecule has 0 spiro atoms. The van der Waals surface area contributed by atoms with Gasteiger partial charge >= 0.3 is 0 Å². The Morgan fingerprint density at radius 2 is 1.90 bits per heavy atom. The number of hydrogen-bond donors (Lipinski definition) is 3. The van der Waals surface area contributed by atoms with Crippen LogP contribution in [0.15, 0.2) is 29.2 Å². The normalized spacial score (nSPS) is 15.1. The summed E-state index contributed by atoms with van der Waals surface area (Å²) in [4.78, 5) is 12.4. The molecule has 0 saturated heterocycles. The highest BCUT2D eigenvalue weighted by atomic mass is 32.2. The summed E-state index contributed by atoms with van der Waals surface area (Å²) in [6.45, 7) is 7.41. The minimum atomic E-state index is -1.43. The first-order valence-corrected chi connectivity index (χ1v) is 11.0. The van der Waals surface area contributed by atoms with Crippen molar-refractivity contribution in [2.24, 2.45) is 7.05 Å². The standard InChI is InChI=1S/C19H24FN3O3S.C2H6/c1-12-4-5-15(14(20)10-12)21-17-13(2)18(25)23(3)11-16(17)22-27(26)19(6-7-19)8-9-24;1-2/h4-5,10-11,21-22,24H,6-9H2,1-3H3;1-2H3. The minimum absolute atomic E-state index is 0.0284. The molecule has 160 valence electrons. The molecule has 1 saturated carbocycles. The van der Waals surface area contributed by atoms with Crippen molar-refractivity contribution in [3.8, 4) is 0 Å². The number of halogens is 1. The maximum Gasteiger partial charge on any atom is 0.255 e. The first kappa shape index (κ1) is 23.1. The van der Waals surface area contributed by atoms with Gasteiger partial charge in [0.2, 0.25) is 0 Å². The number of nitrogens with zero attached hydrogens (tertiary/aromatic N) is 1. The number of aromatic nitrogens is 1. The van der Waals surface area contributed by atoms with Crippen molar-refractivity contribution < 1.29 is 13.7 Å². The van der Waals surface area contributed by atoms with Gasteiger partial charge in [-0.2, -0.15) is 0 Å². The van der Waals surface area contributed by atoms with Crippen LogP contribution in [0, 0.1) is 19.7 Å². The van der Waals surface area contributed by atoms with Crippen LogP contribution < -0.4 is 15.6 Å². The molecule has 1 aromatic carbocycles. The van der Waals surface area contributed by atoms with Crippen LogP contribution >= 0.6 is 0 Å². The van der Waals surface area contributed by atoms with E-state index in [9.17, 15) is 18.5 Å². The third kappa shape index (κ3) is 5.05. The highest BCUT2D eigenvalue weighted by molar-refractivity contribution is 7.88. The van der Waals surface area contributed by atoms with Gasteiger partial charge in [0.25, 0.3) is 5.56 Å². The summed E-state index contributed by atoms with van der Waals surface area (Å²) in [6, 6.07) is 4.79. The Morgan fingerprint density at radius 3 is 2.45 bits per heavy atom. The first-order valence-electron chi connectivity index (χ1n) is 9.80. The van der Waals surface area contributed by atoms with Gasteiger partial charge in [-0.05, 0) is 50.8 Å². The van der Waals surface area contributed by atoms with Crippen LogP contribution in [0.5, 0.6) is 0 Å². The summed E-state index contributed by atoms with van der Waals surface area (Å²) >= 11 is 0. The summed E-state index contributed by atoms with van der Waals surface area (Å²) in [5.74, 6) is -0.430. The number of pyridine rings is 1. The van der Waals surface area contributed by atoms with Crippen LogP contribution in [-0.4, -0.2) is 25.2 Å². The topological polar surface area (TPSA) is 83.4 Å². The van der Waals surface area contributed by atoms with E-state index in [2.05, 4.69) is 10.0 Å². The lowest BCUT2D eigenvalue weighted by atomic mass is 10.2. The highest BCUT2D eigenvalue weighted by Crippen LogP contribution is 2.45. The Labute approximate surface area is 173 Å². The van der Waals surface area contributed by atoms with E-state index < -0.39 is 21.5 Å². The zero-order valence-electron chi connectivity index (χ0n) is 17.6. The molecule has 1 aliphatic rings. The summed E-state index contributed by atoms with van der Waals surface area (Å²) in [5.41, 5.74) is 2.05. The van der Waals surface area contributed by atoms with Crippen LogP contribution in [0.3, 0.4) is 0 Å². The maximum atomic E-state index is 14.3. The van der Waals surface area contributed by atoms with Crippen molar-refractivity contribution in [1.82, 2.24) is 4.57 Å². The van der Waals surface area contributed by atoms with E-state index in [4.69, 9.17) is 0 Å². The molecule has 3 rings (SSSR count). The van der Waals surface area contributed by atoms with Crippen molar-refractivity contribution in [2.45, 2.75) is 51.7 Å². The molecule has 1 heterocycles. The Balaban J connectivity index is 0.00000145. The van der Waals surface area contributed by atoms with Crippen molar-refractivity contribution >= 4 is 28.0 Å². The maximum absolute atomic E-state index is 14.3. The number of nitrogens with one attached hydrogen (secondary N) is 2. The summed E-state index contributed by atoms with van der Waals surface area (Å²) in [7, 11) is 0.182. The average Bonchev–Trinajstić information content (AvgIpc) is 3.47. The van der Waals surface area contributed by atoms with Gasteiger partial charge in [-0.25, -0.2) is 8.60 Å². The molecule has 29 heavy (non-hydrogen) atoms. The molecule has 1 unspecified atom stereocenters. The third-order valence-electron chi connectivity index (χ3n) is 4.96. The smallest absolute Gasteiger partial charge is 0.255 e. The molecule has 1 aliphatic carbocycles. The van der Waals surface area contributed by atoms with E-state index in [0.29, 0.717) is 23.4 Å². The van der Waals surface area contributed by atoms with E-state index in [-0.39, 0.29) is 17.9 Å². The number of benzene rings is 1. The number of hydrogen-bond acceptors (Lipinski definition) is 4. The Morgan fingerprint density at radius 1 is 1.24 bits per heavy atom. The van der Waals surface area contributed by atoms with Gasteiger partial charge in [-0.3, -0.25) is 4.79 Å². The fourth-order valence-corrected chi connectivity index (χ4v) is 4.38. The monoisotopic (exact) mass is 423 g/mol. The fraction of sp³-hybridized carbons (Fsp3) is 0.476. The molecular weight excluding hydrogens is 393 g/mol. The largest absolute Gasteiger partial charge is 0.396 e. The van der Waals surface area contributed by atoms with E-state index in [1.807, 2.05) is 13.8 Å². The van der Waals surface area contributed by atoms with Gasteiger partial charge in [-0.15, -0.1) is 0 Å². The second-order valence-corrected chi connectivity index (χ2v) is 8.70. The SMILES string of the molecule is CC.Cc1ccc(Nc2c(NS(=O)C3(CCO)CC3)cn(C)c(=O)c2C)c(F)c1.